The molecule has 2 rings (SSSR count). The predicted molar refractivity (Wildman–Crippen MR) is 75.1 cm³/mol. The van der Waals surface area contributed by atoms with Crippen molar-refractivity contribution in [3.8, 4) is 0 Å². The average Bonchev–Trinajstić information content (AvgIpc) is 3.10. The SMILES string of the molecule is CC(C)CCC(C)NC1CCCC(C2CC2)C1. The van der Waals surface area contributed by atoms with Crippen LogP contribution in [0.15, 0.2) is 0 Å². The van der Waals surface area contributed by atoms with Gasteiger partial charge in [-0.1, -0.05) is 26.7 Å². The highest BCUT2D eigenvalue weighted by molar-refractivity contribution is 4.88. The van der Waals surface area contributed by atoms with Crippen molar-refractivity contribution in [2.45, 2.75) is 84.2 Å². The van der Waals surface area contributed by atoms with Crippen molar-refractivity contribution >= 4 is 0 Å². The Kier molecular flexibility index (Phi) is 4.90. The van der Waals surface area contributed by atoms with E-state index in [4.69, 9.17) is 0 Å². The zero-order valence-electron chi connectivity index (χ0n) is 12.0. The normalized spacial score (nSPS) is 31.8. The van der Waals surface area contributed by atoms with Crippen LogP contribution in [0.1, 0.15) is 72.1 Å². The molecule has 3 atom stereocenters. The lowest BCUT2D eigenvalue weighted by Crippen LogP contribution is -2.40. The summed E-state index contributed by atoms with van der Waals surface area (Å²) >= 11 is 0. The molecule has 1 heteroatoms. The fourth-order valence-electron chi connectivity index (χ4n) is 3.44. The van der Waals surface area contributed by atoms with E-state index in [1.807, 2.05) is 0 Å². The van der Waals surface area contributed by atoms with E-state index < -0.39 is 0 Å². The van der Waals surface area contributed by atoms with Gasteiger partial charge in [-0.05, 0) is 63.2 Å². The van der Waals surface area contributed by atoms with Gasteiger partial charge in [-0.25, -0.2) is 0 Å². The van der Waals surface area contributed by atoms with Gasteiger partial charge in [0.05, 0.1) is 0 Å². The van der Waals surface area contributed by atoms with Crippen LogP contribution in [0.25, 0.3) is 0 Å². The zero-order valence-corrected chi connectivity index (χ0v) is 12.0. The second-order valence-electron chi connectivity index (χ2n) is 7.00. The molecular formula is C16H31N. The molecule has 0 aromatic carbocycles. The lowest BCUT2D eigenvalue weighted by Gasteiger charge is -2.32. The van der Waals surface area contributed by atoms with Crippen LogP contribution in [-0.2, 0) is 0 Å². The molecule has 0 aromatic rings. The van der Waals surface area contributed by atoms with Crippen molar-refractivity contribution in [2.75, 3.05) is 0 Å². The lowest BCUT2D eigenvalue weighted by atomic mass is 9.82. The first-order valence-corrected chi connectivity index (χ1v) is 7.91. The van der Waals surface area contributed by atoms with Crippen LogP contribution in [0.3, 0.4) is 0 Å². The lowest BCUT2D eigenvalue weighted by molar-refractivity contribution is 0.244. The van der Waals surface area contributed by atoms with Gasteiger partial charge in [-0.2, -0.15) is 0 Å². The Bertz CT molecular complexity index is 220. The van der Waals surface area contributed by atoms with Gasteiger partial charge >= 0.3 is 0 Å². The van der Waals surface area contributed by atoms with Crippen LogP contribution in [0.5, 0.6) is 0 Å². The van der Waals surface area contributed by atoms with Crippen LogP contribution in [-0.4, -0.2) is 12.1 Å². The molecule has 100 valence electrons. The number of hydrogen-bond donors (Lipinski definition) is 1. The third-order valence-corrected chi connectivity index (χ3v) is 4.70. The molecule has 2 aliphatic carbocycles. The molecule has 2 fully saturated rings. The van der Waals surface area contributed by atoms with Gasteiger partial charge in [-0.15, -0.1) is 0 Å². The summed E-state index contributed by atoms with van der Waals surface area (Å²) in [6, 6.07) is 1.55. The van der Waals surface area contributed by atoms with Crippen molar-refractivity contribution < 1.29 is 0 Å². The Labute approximate surface area is 108 Å². The molecule has 0 aromatic heterocycles. The summed E-state index contributed by atoms with van der Waals surface area (Å²) in [5, 5.41) is 3.89. The average molecular weight is 237 g/mol. The first kappa shape index (κ1) is 13.4. The quantitative estimate of drug-likeness (QED) is 0.723. The van der Waals surface area contributed by atoms with Gasteiger partial charge in [0.25, 0.3) is 0 Å². The standard InChI is InChI=1S/C16H31N/c1-12(2)7-8-13(3)17-16-6-4-5-15(11-16)14-9-10-14/h12-17H,4-11H2,1-3H3. The fourth-order valence-corrected chi connectivity index (χ4v) is 3.44. The minimum Gasteiger partial charge on any atom is -0.311 e. The highest BCUT2D eigenvalue weighted by atomic mass is 14.9. The summed E-state index contributed by atoms with van der Waals surface area (Å²) in [4.78, 5) is 0. The van der Waals surface area contributed by atoms with Crippen LogP contribution >= 0.6 is 0 Å². The maximum Gasteiger partial charge on any atom is 0.00722 e. The van der Waals surface area contributed by atoms with E-state index in [1.54, 1.807) is 0 Å². The Morgan fingerprint density at radius 1 is 0.941 bits per heavy atom. The summed E-state index contributed by atoms with van der Waals surface area (Å²) in [5.41, 5.74) is 0. The summed E-state index contributed by atoms with van der Waals surface area (Å²) in [7, 11) is 0. The molecule has 2 aliphatic rings. The number of hydrogen-bond acceptors (Lipinski definition) is 1. The van der Waals surface area contributed by atoms with E-state index in [-0.39, 0.29) is 0 Å². The molecular weight excluding hydrogens is 206 g/mol. The minimum absolute atomic E-state index is 0.723. The first-order valence-electron chi connectivity index (χ1n) is 7.91. The molecule has 0 radical (unpaired) electrons. The molecule has 0 amide bonds. The molecule has 0 spiro atoms. The Morgan fingerprint density at radius 3 is 2.35 bits per heavy atom. The predicted octanol–water partition coefficient (Wildman–Crippen LogP) is 4.37. The molecule has 0 heterocycles. The smallest absolute Gasteiger partial charge is 0.00722 e. The van der Waals surface area contributed by atoms with Crippen molar-refractivity contribution in [1.82, 2.24) is 5.32 Å². The minimum atomic E-state index is 0.723. The molecule has 0 bridgehead atoms. The largest absolute Gasteiger partial charge is 0.311 e. The second-order valence-corrected chi connectivity index (χ2v) is 7.00. The maximum absolute atomic E-state index is 3.89. The third-order valence-electron chi connectivity index (χ3n) is 4.70. The monoisotopic (exact) mass is 237 g/mol. The number of nitrogens with one attached hydrogen (secondary N) is 1. The third kappa shape index (κ3) is 4.62. The van der Waals surface area contributed by atoms with Gasteiger partial charge in [0, 0.05) is 12.1 Å². The van der Waals surface area contributed by atoms with Gasteiger partial charge in [-0.3, -0.25) is 0 Å². The van der Waals surface area contributed by atoms with Gasteiger partial charge < -0.3 is 5.32 Å². The Balaban J connectivity index is 1.66. The molecule has 17 heavy (non-hydrogen) atoms. The molecule has 1 N–H and O–H groups in total. The van der Waals surface area contributed by atoms with E-state index in [1.165, 1.54) is 51.4 Å². The van der Waals surface area contributed by atoms with Crippen molar-refractivity contribution in [1.29, 1.82) is 0 Å². The highest BCUT2D eigenvalue weighted by Crippen LogP contribution is 2.43. The molecule has 0 aliphatic heterocycles. The van der Waals surface area contributed by atoms with Crippen LogP contribution < -0.4 is 5.32 Å². The molecule has 1 nitrogen and oxygen atoms in total. The van der Waals surface area contributed by atoms with E-state index >= 15 is 0 Å². The Morgan fingerprint density at radius 2 is 1.71 bits per heavy atom. The summed E-state index contributed by atoms with van der Waals surface area (Å²) < 4.78 is 0. The van der Waals surface area contributed by atoms with Crippen LogP contribution in [0.2, 0.25) is 0 Å². The second kappa shape index (κ2) is 6.22. The summed E-state index contributed by atoms with van der Waals surface area (Å²) in [5.74, 6) is 3.04. The van der Waals surface area contributed by atoms with Gasteiger partial charge in [0.2, 0.25) is 0 Å². The highest BCUT2D eigenvalue weighted by Gasteiger charge is 2.34. The van der Waals surface area contributed by atoms with Crippen LogP contribution in [0, 0.1) is 17.8 Å². The van der Waals surface area contributed by atoms with E-state index in [0.29, 0.717) is 0 Å². The summed E-state index contributed by atoms with van der Waals surface area (Å²) in [6.45, 7) is 7.04. The molecule has 3 unspecified atom stereocenters. The molecule has 0 saturated heterocycles. The van der Waals surface area contributed by atoms with Crippen LogP contribution in [0.4, 0.5) is 0 Å². The molecule has 2 saturated carbocycles. The van der Waals surface area contributed by atoms with Gasteiger partial charge in [0.1, 0.15) is 0 Å². The fraction of sp³-hybridized carbons (Fsp3) is 1.00. The van der Waals surface area contributed by atoms with E-state index in [9.17, 15) is 0 Å². The maximum atomic E-state index is 3.89. The van der Waals surface area contributed by atoms with Crippen molar-refractivity contribution in [2.24, 2.45) is 17.8 Å². The Hall–Kier alpha value is -0.0400. The number of rotatable bonds is 6. The van der Waals surface area contributed by atoms with Gasteiger partial charge in [0.15, 0.2) is 0 Å². The van der Waals surface area contributed by atoms with E-state index in [2.05, 4.69) is 26.1 Å². The first-order chi connectivity index (χ1) is 8.15. The van der Waals surface area contributed by atoms with E-state index in [0.717, 1.165) is 29.8 Å². The van der Waals surface area contributed by atoms with Crippen molar-refractivity contribution in [3.05, 3.63) is 0 Å². The topological polar surface area (TPSA) is 12.0 Å². The zero-order chi connectivity index (χ0) is 12.3. The summed E-state index contributed by atoms with van der Waals surface area (Å²) in [6.07, 6.45) is 11.7. The van der Waals surface area contributed by atoms with Crippen molar-refractivity contribution in [3.63, 3.8) is 0 Å².